The molecule has 1 aromatic carbocycles. The summed E-state index contributed by atoms with van der Waals surface area (Å²) >= 11 is 0. The molecule has 1 fully saturated rings. The molecule has 4 N–H and O–H groups in total. The Balaban J connectivity index is 1.86. The second kappa shape index (κ2) is 5.84. The third-order valence-electron chi connectivity index (χ3n) is 3.15. The molecule has 1 aliphatic rings. The van der Waals surface area contributed by atoms with Crippen LogP contribution in [0.3, 0.4) is 0 Å². The van der Waals surface area contributed by atoms with Gasteiger partial charge >= 0.3 is 0 Å². The van der Waals surface area contributed by atoms with Crippen LogP contribution in [0, 0.1) is 6.92 Å². The van der Waals surface area contributed by atoms with Crippen molar-refractivity contribution in [1.29, 1.82) is 0 Å². The van der Waals surface area contributed by atoms with E-state index in [1.165, 1.54) is 12.8 Å². The minimum absolute atomic E-state index is 0.0249. The zero-order valence-electron chi connectivity index (χ0n) is 11.0. The Morgan fingerprint density at radius 1 is 1.37 bits per heavy atom. The van der Waals surface area contributed by atoms with Crippen molar-refractivity contribution in [3.8, 4) is 0 Å². The summed E-state index contributed by atoms with van der Waals surface area (Å²) in [5, 5.41) is 6.13. The molecule has 2 rings (SSSR count). The number of rotatable bonds is 6. The van der Waals surface area contributed by atoms with Crippen LogP contribution >= 0.6 is 0 Å². The molecule has 1 aliphatic carbocycles. The Kier molecular flexibility index (Phi) is 4.16. The molecule has 5 heteroatoms. The van der Waals surface area contributed by atoms with Crippen LogP contribution in [0.25, 0.3) is 0 Å². The number of hydrogen-bond acceptors (Lipinski definition) is 3. The number of anilines is 1. The summed E-state index contributed by atoms with van der Waals surface area (Å²) in [5.41, 5.74) is 7.21. The van der Waals surface area contributed by atoms with Gasteiger partial charge in [0, 0.05) is 30.3 Å². The molecule has 0 atom stereocenters. The van der Waals surface area contributed by atoms with Crippen molar-refractivity contribution in [2.75, 3.05) is 11.9 Å². The predicted molar refractivity (Wildman–Crippen MR) is 74.0 cm³/mol. The fourth-order valence-corrected chi connectivity index (χ4v) is 1.85. The molecule has 1 saturated carbocycles. The number of hydrogen-bond donors (Lipinski definition) is 3. The van der Waals surface area contributed by atoms with Crippen LogP contribution in [-0.4, -0.2) is 24.4 Å². The second-order valence-corrected chi connectivity index (χ2v) is 4.92. The van der Waals surface area contributed by atoms with E-state index < -0.39 is 5.91 Å². The monoisotopic (exact) mass is 261 g/mol. The highest BCUT2D eigenvalue weighted by Crippen LogP contribution is 2.19. The van der Waals surface area contributed by atoms with E-state index in [9.17, 15) is 9.59 Å². The summed E-state index contributed by atoms with van der Waals surface area (Å²) in [5.74, 6) is -0.488. The molecule has 0 aromatic heterocycles. The van der Waals surface area contributed by atoms with Crippen LogP contribution in [0.4, 0.5) is 5.69 Å². The SMILES string of the molecule is Cc1cc(C(N)=O)ccc1NC(=O)CCNC1CC1. The van der Waals surface area contributed by atoms with Gasteiger partial charge in [0.2, 0.25) is 11.8 Å². The molecule has 0 heterocycles. The van der Waals surface area contributed by atoms with E-state index >= 15 is 0 Å². The van der Waals surface area contributed by atoms with E-state index in [0.29, 0.717) is 24.6 Å². The van der Waals surface area contributed by atoms with Gasteiger partial charge in [-0.3, -0.25) is 9.59 Å². The molecule has 0 spiro atoms. The third kappa shape index (κ3) is 4.06. The maximum atomic E-state index is 11.7. The van der Waals surface area contributed by atoms with Gasteiger partial charge in [-0.2, -0.15) is 0 Å². The standard InChI is InChI=1S/C14H19N3O2/c1-9-8-10(14(15)19)2-5-12(9)17-13(18)6-7-16-11-3-4-11/h2,5,8,11,16H,3-4,6-7H2,1H3,(H2,15,19)(H,17,18). The molecule has 0 aliphatic heterocycles. The van der Waals surface area contributed by atoms with Crippen molar-refractivity contribution in [3.05, 3.63) is 29.3 Å². The maximum absolute atomic E-state index is 11.7. The molecule has 0 unspecified atom stereocenters. The maximum Gasteiger partial charge on any atom is 0.248 e. The first-order chi connectivity index (χ1) is 9.06. The van der Waals surface area contributed by atoms with Crippen LogP contribution in [0.2, 0.25) is 0 Å². The summed E-state index contributed by atoms with van der Waals surface area (Å²) < 4.78 is 0. The number of carbonyl (C=O) groups excluding carboxylic acids is 2. The first-order valence-corrected chi connectivity index (χ1v) is 6.50. The van der Waals surface area contributed by atoms with E-state index in [1.54, 1.807) is 18.2 Å². The van der Waals surface area contributed by atoms with E-state index in [-0.39, 0.29) is 5.91 Å². The quantitative estimate of drug-likeness (QED) is 0.718. The van der Waals surface area contributed by atoms with Gasteiger partial charge < -0.3 is 16.4 Å². The van der Waals surface area contributed by atoms with Gasteiger partial charge in [0.1, 0.15) is 0 Å². The largest absolute Gasteiger partial charge is 0.366 e. The lowest BCUT2D eigenvalue weighted by Crippen LogP contribution is -2.23. The second-order valence-electron chi connectivity index (χ2n) is 4.92. The first-order valence-electron chi connectivity index (χ1n) is 6.50. The summed E-state index contributed by atoms with van der Waals surface area (Å²) in [7, 11) is 0. The highest BCUT2D eigenvalue weighted by molar-refractivity contribution is 5.95. The average Bonchev–Trinajstić information content (AvgIpc) is 3.15. The topological polar surface area (TPSA) is 84.2 Å². The summed E-state index contributed by atoms with van der Waals surface area (Å²) in [6.07, 6.45) is 2.89. The molecule has 5 nitrogen and oxygen atoms in total. The van der Waals surface area contributed by atoms with Gasteiger partial charge in [0.15, 0.2) is 0 Å². The van der Waals surface area contributed by atoms with Crippen LogP contribution in [0.15, 0.2) is 18.2 Å². The smallest absolute Gasteiger partial charge is 0.248 e. The van der Waals surface area contributed by atoms with Crippen LogP contribution in [-0.2, 0) is 4.79 Å². The number of benzene rings is 1. The molecule has 0 bridgehead atoms. The third-order valence-corrected chi connectivity index (χ3v) is 3.15. The van der Waals surface area contributed by atoms with Crippen LogP contribution in [0.1, 0.15) is 35.2 Å². The van der Waals surface area contributed by atoms with Gasteiger partial charge in [-0.1, -0.05) is 0 Å². The Morgan fingerprint density at radius 2 is 2.11 bits per heavy atom. The molecule has 1 aromatic rings. The molecule has 2 amide bonds. The lowest BCUT2D eigenvalue weighted by Gasteiger charge is -2.09. The van der Waals surface area contributed by atoms with E-state index in [1.807, 2.05) is 6.92 Å². The van der Waals surface area contributed by atoms with Gasteiger partial charge in [-0.25, -0.2) is 0 Å². The van der Waals surface area contributed by atoms with Crippen LogP contribution in [0.5, 0.6) is 0 Å². The normalized spacial score (nSPS) is 14.2. The average molecular weight is 261 g/mol. The van der Waals surface area contributed by atoms with Crippen molar-refractivity contribution < 1.29 is 9.59 Å². The minimum Gasteiger partial charge on any atom is -0.366 e. The van der Waals surface area contributed by atoms with E-state index in [0.717, 1.165) is 11.3 Å². The minimum atomic E-state index is -0.463. The van der Waals surface area contributed by atoms with Crippen molar-refractivity contribution in [2.24, 2.45) is 5.73 Å². The van der Waals surface area contributed by atoms with E-state index in [4.69, 9.17) is 5.73 Å². The predicted octanol–water partition coefficient (Wildman–Crippen LogP) is 1.17. The molecule has 19 heavy (non-hydrogen) atoms. The van der Waals surface area contributed by atoms with Gasteiger partial charge in [-0.05, 0) is 43.5 Å². The summed E-state index contributed by atoms with van der Waals surface area (Å²) in [4.78, 5) is 22.8. The van der Waals surface area contributed by atoms with Gasteiger partial charge in [-0.15, -0.1) is 0 Å². The molecule has 102 valence electrons. The number of nitrogens with one attached hydrogen (secondary N) is 2. The zero-order chi connectivity index (χ0) is 13.8. The van der Waals surface area contributed by atoms with E-state index in [2.05, 4.69) is 10.6 Å². The Hall–Kier alpha value is -1.88. The Labute approximate surface area is 112 Å². The van der Waals surface area contributed by atoms with Crippen molar-refractivity contribution in [1.82, 2.24) is 5.32 Å². The number of nitrogens with two attached hydrogens (primary N) is 1. The van der Waals surface area contributed by atoms with Gasteiger partial charge in [0.05, 0.1) is 0 Å². The van der Waals surface area contributed by atoms with Crippen LogP contribution < -0.4 is 16.4 Å². The highest BCUT2D eigenvalue weighted by atomic mass is 16.2. The highest BCUT2D eigenvalue weighted by Gasteiger charge is 2.20. The number of amides is 2. The van der Waals surface area contributed by atoms with Crippen molar-refractivity contribution in [3.63, 3.8) is 0 Å². The summed E-state index contributed by atoms with van der Waals surface area (Å²) in [6.45, 7) is 2.54. The zero-order valence-corrected chi connectivity index (χ0v) is 11.0. The number of aryl methyl sites for hydroxylation is 1. The number of carbonyl (C=O) groups is 2. The van der Waals surface area contributed by atoms with Crippen molar-refractivity contribution >= 4 is 17.5 Å². The first kappa shape index (κ1) is 13.5. The van der Waals surface area contributed by atoms with Crippen molar-refractivity contribution in [2.45, 2.75) is 32.2 Å². The Bertz CT molecular complexity index is 495. The fourth-order valence-electron chi connectivity index (χ4n) is 1.85. The summed E-state index contributed by atoms with van der Waals surface area (Å²) in [6, 6.07) is 5.62. The molecule has 0 radical (unpaired) electrons. The lowest BCUT2D eigenvalue weighted by atomic mass is 10.1. The molecule has 0 saturated heterocycles. The fraction of sp³-hybridized carbons (Fsp3) is 0.429. The molecular weight excluding hydrogens is 242 g/mol. The molecular formula is C14H19N3O2. The number of primary amides is 1. The van der Waals surface area contributed by atoms with Gasteiger partial charge in [0.25, 0.3) is 0 Å². The Morgan fingerprint density at radius 3 is 2.68 bits per heavy atom. The lowest BCUT2D eigenvalue weighted by molar-refractivity contribution is -0.116.